The number of nitrogens with one attached hydrogen (secondary N) is 3. The smallest absolute Gasteiger partial charge is 0.206 e. The molecule has 0 radical (unpaired) electrons. The maximum atomic E-state index is 4.65. The van der Waals surface area contributed by atoms with E-state index in [1.165, 1.54) is 5.56 Å². The third-order valence-electron chi connectivity index (χ3n) is 5.24. The molecule has 1 aliphatic heterocycles. The van der Waals surface area contributed by atoms with Crippen molar-refractivity contribution in [1.29, 1.82) is 0 Å². The molecule has 0 saturated carbocycles. The summed E-state index contributed by atoms with van der Waals surface area (Å²) < 4.78 is 0. The Hall–Kier alpha value is -3.07. The minimum atomic E-state index is 0. The average molecular weight is 437 g/mol. The lowest BCUT2D eigenvalue weighted by molar-refractivity contribution is 0.233. The summed E-state index contributed by atoms with van der Waals surface area (Å²) in [6.07, 6.45) is 3.62. The molecule has 9 heteroatoms. The van der Waals surface area contributed by atoms with E-state index in [-0.39, 0.29) is 12.4 Å². The number of pyridine rings is 1. The van der Waals surface area contributed by atoms with Gasteiger partial charge in [-0.3, -0.25) is 4.90 Å². The van der Waals surface area contributed by atoms with E-state index in [1.54, 1.807) is 6.20 Å². The molecule has 3 N–H and O–H groups in total. The Morgan fingerprint density at radius 1 is 1.00 bits per heavy atom. The number of piperazine rings is 1. The molecule has 1 aromatic carbocycles. The molecule has 31 heavy (non-hydrogen) atoms. The van der Waals surface area contributed by atoms with Gasteiger partial charge in [-0.05, 0) is 42.8 Å². The summed E-state index contributed by atoms with van der Waals surface area (Å²) in [5.74, 6) is 2.22. The van der Waals surface area contributed by atoms with Crippen molar-refractivity contribution in [2.45, 2.75) is 13.5 Å². The number of aryl methyl sites for hydroxylation is 1. The van der Waals surface area contributed by atoms with E-state index >= 15 is 0 Å². The summed E-state index contributed by atoms with van der Waals surface area (Å²) >= 11 is 0. The molecule has 3 aromatic heterocycles. The number of rotatable bonds is 5. The highest BCUT2D eigenvalue weighted by molar-refractivity contribution is 5.85. The number of imidazole rings is 1. The molecule has 0 aliphatic carbocycles. The first kappa shape index (κ1) is 21.2. The number of benzene rings is 1. The molecule has 4 heterocycles. The third-order valence-corrected chi connectivity index (χ3v) is 5.24. The normalized spacial score (nSPS) is 14.4. The Bertz CT molecular complexity index is 1170. The van der Waals surface area contributed by atoms with Crippen LogP contribution in [0.25, 0.3) is 22.3 Å². The Balaban J connectivity index is 0.00000231. The third kappa shape index (κ3) is 4.99. The number of aromatic amines is 1. The summed E-state index contributed by atoms with van der Waals surface area (Å²) in [5.41, 5.74) is 5.01. The van der Waals surface area contributed by atoms with Crippen molar-refractivity contribution >= 4 is 35.2 Å². The second-order valence-corrected chi connectivity index (χ2v) is 7.51. The molecule has 5 rings (SSSR count). The van der Waals surface area contributed by atoms with Gasteiger partial charge in [0.25, 0.3) is 0 Å². The van der Waals surface area contributed by atoms with Crippen LogP contribution in [0.5, 0.6) is 0 Å². The van der Waals surface area contributed by atoms with E-state index in [1.807, 2.05) is 31.3 Å². The van der Waals surface area contributed by atoms with Crippen LogP contribution < -0.4 is 10.6 Å². The van der Waals surface area contributed by atoms with Crippen LogP contribution in [0.15, 0.2) is 48.8 Å². The largest absolute Gasteiger partial charge is 0.324 e. The summed E-state index contributed by atoms with van der Waals surface area (Å²) in [6, 6.07) is 12.2. The topological polar surface area (TPSA) is 94.6 Å². The first-order valence-electron chi connectivity index (χ1n) is 10.2. The standard InChI is InChI=1S/C22H24N8.ClH/c1-15-24-7-5-18(26-15)17-2-3-19-20(13-17)28-22(27-19)29-21-12-16(4-6-25-21)14-30-10-8-23-9-11-30;/h2-7,12-13,23H,8-11,14H2,1H3,(H2,25,27,28,29);1H. The Morgan fingerprint density at radius 2 is 1.84 bits per heavy atom. The molecule has 4 aromatic rings. The van der Waals surface area contributed by atoms with Crippen LogP contribution in [-0.2, 0) is 6.54 Å². The minimum Gasteiger partial charge on any atom is -0.324 e. The SMILES string of the molecule is Cc1nccc(-c2ccc3nc(Nc4cc(CN5CCNCC5)ccn4)[nH]c3c2)n1.Cl. The van der Waals surface area contributed by atoms with Gasteiger partial charge in [-0.25, -0.2) is 19.9 Å². The van der Waals surface area contributed by atoms with Gasteiger partial charge >= 0.3 is 0 Å². The molecular weight excluding hydrogens is 412 g/mol. The average Bonchev–Trinajstić information content (AvgIpc) is 3.16. The first-order chi connectivity index (χ1) is 14.7. The van der Waals surface area contributed by atoms with Crippen molar-refractivity contribution in [2.24, 2.45) is 0 Å². The molecule has 1 saturated heterocycles. The minimum absolute atomic E-state index is 0. The number of hydrogen-bond donors (Lipinski definition) is 3. The Morgan fingerprint density at radius 3 is 2.68 bits per heavy atom. The second kappa shape index (κ2) is 9.38. The van der Waals surface area contributed by atoms with E-state index in [4.69, 9.17) is 0 Å². The van der Waals surface area contributed by atoms with Gasteiger partial charge in [0.1, 0.15) is 11.6 Å². The van der Waals surface area contributed by atoms with Crippen LogP contribution in [-0.4, -0.2) is 56.0 Å². The Kier molecular flexibility index (Phi) is 6.41. The molecule has 0 spiro atoms. The predicted octanol–water partition coefficient (Wildman–Crippen LogP) is 3.29. The van der Waals surface area contributed by atoms with Gasteiger partial charge in [0, 0.05) is 50.7 Å². The molecule has 1 aliphatic rings. The number of halogens is 1. The lowest BCUT2D eigenvalue weighted by Gasteiger charge is -2.27. The van der Waals surface area contributed by atoms with Crippen molar-refractivity contribution in [3.8, 4) is 11.3 Å². The summed E-state index contributed by atoms with van der Waals surface area (Å²) in [7, 11) is 0. The van der Waals surface area contributed by atoms with E-state index in [2.05, 4.69) is 58.7 Å². The van der Waals surface area contributed by atoms with Crippen molar-refractivity contribution in [3.05, 3.63) is 60.2 Å². The van der Waals surface area contributed by atoms with Gasteiger partial charge in [-0.2, -0.15) is 0 Å². The summed E-state index contributed by atoms with van der Waals surface area (Å²) in [5, 5.41) is 6.69. The van der Waals surface area contributed by atoms with Gasteiger partial charge in [0.2, 0.25) is 5.95 Å². The van der Waals surface area contributed by atoms with Crippen LogP contribution in [0, 0.1) is 6.92 Å². The zero-order chi connectivity index (χ0) is 20.3. The highest BCUT2D eigenvalue weighted by Gasteiger charge is 2.11. The molecular formula is C22H25ClN8. The first-order valence-corrected chi connectivity index (χ1v) is 10.2. The van der Waals surface area contributed by atoms with Gasteiger partial charge in [0.05, 0.1) is 16.7 Å². The van der Waals surface area contributed by atoms with Gasteiger partial charge in [-0.1, -0.05) is 6.07 Å². The van der Waals surface area contributed by atoms with Crippen LogP contribution in [0.3, 0.4) is 0 Å². The number of fused-ring (bicyclic) bond motifs is 1. The molecule has 0 amide bonds. The van der Waals surface area contributed by atoms with Crippen LogP contribution in [0.2, 0.25) is 0 Å². The molecule has 1 fully saturated rings. The molecule has 0 atom stereocenters. The van der Waals surface area contributed by atoms with E-state index in [0.717, 1.165) is 66.7 Å². The van der Waals surface area contributed by atoms with Crippen molar-refractivity contribution < 1.29 is 0 Å². The predicted molar refractivity (Wildman–Crippen MR) is 125 cm³/mol. The lowest BCUT2D eigenvalue weighted by Crippen LogP contribution is -2.42. The second-order valence-electron chi connectivity index (χ2n) is 7.51. The zero-order valence-electron chi connectivity index (χ0n) is 17.3. The van der Waals surface area contributed by atoms with E-state index < -0.39 is 0 Å². The summed E-state index contributed by atoms with van der Waals surface area (Å²) in [4.78, 5) is 23.6. The number of hydrogen-bond acceptors (Lipinski definition) is 7. The highest BCUT2D eigenvalue weighted by Crippen LogP contribution is 2.24. The number of H-pyrrole nitrogens is 1. The Labute approximate surface area is 187 Å². The van der Waals surface area contributed by atoms with Gasteiger partial charge < -0.3 is 15.6 Å². The lowest BCUT2D eigenvalue weighted by atomic mass is 10.1. The maximum absolute atomic E-state index is 4.65. The van der Waals surface area contributed by atoms with Gasteiger partial charge in [-0.15, -0.1) is 12.4 Å². The highest BCUT2D eigenvalue weighted by atomic mass is 35.5. The van der Waals surface area contributed by atoms with Crippen molar-refractivity contribution in [3.63, 3.8) is 0 Å². The molecule has 8 nitrogen and oxygen atoms in total. The number of aromatic nitrogens is 5. The van der Waals surface area contributed by atoms with Crippen LogP contribution in [0.4, 0.5) is 11.8 Å². The molecule has 0 bridgehead atoms. The maximum Gasteiger partial charge on any atom is 0.206 e. The fraction of sp³-hybridized carbons (Fsp3) is 0.273. The summed E-state index contributed by atoms with van der Waals surface area (Å²) in [6.45, 7) is 7.06. The van der Waals surface area contributed by atoms with Crippen molar-refractivity contribution in [1.82, 2.24) is 35.1 Å². The molecule has 160 valence electrons. The van der Waals surface area contributed by atoms with Crippen LogP contribution in [0.1, 0.15) is 11.4 Å². The van der Waals surface area contributed by atoms with Crippen LogP contribution >= 0.6 is 12.4 Å². The molecule has 0 unspecified atom stereocenters. The number of anilines is 2. The quantitative estimate of drug-likeness (QED) is 0.442. The van der Waals surface area contributed by atoms with E-state index in [0.29, 0.717) is 5.95 Å². The van der Waals surface area contributed by atoms with E-state index in [9.17, 15) is 0 Å². The van der Waals surface area contributed by atoms with Crippen molar-refractivity contribution in [2.75, 3.05) is 31.5 Å². The fourth-order valence-corrected chi connectivity index (χ4v) is 3.73. The van der Waals surface area contributed by atoms with Gasteiger partial charge in [0.15, 0.2) is 0 Å². The monoisotopic (exact) mass is 436 g/mol. The zero-order valence-corrected chi connectivity index (χ0v) is 18.1. The number of nitrogens with zero attached hydrogens (tertiary/aromatic N) is 5. The fourth-order valence-electron chi connectivity index (χ4n) is 3.73.